The zero-order valence-corrected chi connectivity index (χ0v) is 11.7. The summed E-state index contributed by atoms with van der Waals surface area (Å²) in [5.74, 6) is 0. The van der Waals surface area contributed by atoms with Crippen molar-refractivity contribution in [1.82, 2.24) is 9.13 Å². The molecule has 0 aliphatic heterocycles. The van der Waals surface area contributed by atoms with E-state index in [0.29, 0.717) is 11.5 Å². The molecule has 0 aliphatic carbocycles. The van der Waals surface area contributed by atoms with Crippen molar-refractivity contribution in [3.05, 3.63) is 58.3 Å². The third-order valence-electron chi connectivity index (χ3n) is 2.95. The number of aromatic nitrogens is 2. The average Bonchev–Trinajstić information content (AvgIpc) is 2.72. The number of thiocarbonyl (C=S) groups is 1. The Hall–Kier alpha value is -1.88. The first kappa shape index (κ1) is 13.5. The second-order valence-corrected chi connectivity index (χ2v) is 4.91. The summed E-state index contributed by atoms with van der Waals surface area (Å²) in [4.78, 5) is 12.4. The molecule has 1 aromatic heterocycles. The smallest absolute Gasteiger partial charge is 0.328 e. The van der Waals surface area contributed by atoms with Gasteiger partial charge in [-0.15, -0.1) is 0 Å². The number of aryl methyl sites for hydroxylation is 1. The van der Waals surface area contributed by atoms with Crippen LogP contribution in [-0.4, -0.2) is 14.1 Å². The molecular weight excluding hydrogens is 258 g/mol. The lowest BCUT2D eigenvalue weighted by Crippen LogP contribution is -2.24. The van der Waals surface area contributed by atoms with Crippen molar-refractivity contribution in [2.45, 2.75) is 26.4 Å². The third kappa shape index (κ3) is 3.12. The van der Waals surface area contributed by atoms with Crippen LogP contribution in [0, 0.1) is 0 Å². The van der Waals surface area contributed by atoms with Crippen LogP contribution in [-0.2, 0) is 13.1 Å². The van der Waals surface area contributed by atoms with Crippen molar-refractivity contribution in [2.24, 2.45) is 5.73 Å². The van der Waals surface area contributed by atoms with Crippen LogP contribution in [0.1, 0.15) is 24.5 Å². The molecular formula is C14H17N3OS. The van der Waals surface area contributed by atoms with Crippen LogP contribution in [0.4, 0.5) is 0 Å². The molecule has 19 heavy (non-hydrogen) atoms. The minimum Gasteiger partial charge on any atom is -0.389 e. The lowest BCUT2D eigenvalue weighted by Gasteiger charge is -2.05. The fraction of sp³-hybridized carbons (Fsp3) is 0.286. The number of rotatable bonds is 5. The Kier molecular flexibility index (Phi) is 4.16. The molecule has 0 fully saturated rings. The largest absolute Gasteiger partial charge is 0.389 e. The minimum absolute atomic E-state index is 0.0163. The lowest BCUT2D eigenvalue weighted by atomic mass is 10.1. The van der Waals surface area contributed by atoms with Crippen LogP contribution >= 0.6 is 12.2 Å². The van der Waals surface area contributed by atoms with Crippen LogP contribution < -0.4 is 11.4 Å². The van der Waals surface area contributed by atoms with Crippen LogP contribution in [0.5, 0.6) is 0 Å². The molecule has 0 aliphatic rings. The summed E-state index contributed by atoms with van der Waals surface area (Å²) in [6.07, 6.45) is 4.58. The highest BCUT2D eigenvalue weighted by Crippen LogP contribution is 2.06. The molecule has 100 valence electrons. The molecule has 2 N–H and O–H groups in total. The van der Waals surface area contributed by atoms with E-state index < -0.39 is 0 Å². The van der Waals surface area contributed by atoms with Gasteiger partial charge in [-0.25, -0.2) is 4.79 Å². The Bertz CT molecular complexity index is 642. The van der Waals surface area contributed by atoms with Crippen molar-refractivity contribution in [3.8, 4) is 0 Å². The molecule has 0 atom stereocenters. The van der Waals surface area contributed by atoms with E-state index in [4.69, 9.17) is 18.0 Å². The summed E-state index contributed by atoms with van der Waals surface area (Å²) >= 11 is 4.96. The predicted octanol–water partition coefficient (Wildman–Crippen LogP) is 1.74. The molecule has 1 aromatic carbocycles. The average molecular weight is 275 g/mol. The molecule has 0 radical (unpaired) electrons. The SMILES string of the molecule is CCCn1ccn(Cc2cccc(C(N)=S)c2)c1=O. The molecule has 1 heterocycles. The molecule has 2 rings (SSSR count). The Morgan fingerprint density at radius 2 is 2.05 bits per heavy atom. The first-order chi connectivity index (χ1) is 9.11. The molecule has 5 heteroatoms. The fourth-order valence-corrected chi connectivity index (χ4v) is 2.13. The number of hydrogen-bond acceptors (Lipinski definition) is 2. The van der Waals surface area contributed by atoms with E-state index >= 15 is 0 Å². The molecule has 4 nitrogen and oxygen atoms in total. The third-order valence-corrected chi connectivity index (χ3v) is 3.18. The number of nitrogens with two attached hydrogens (primary N) is 1. The van der Waals surface area contributed by atoms with Gasteiger partial charge in [-0.1, -0.05) is 37.3 Å². The summed E-state index contributed by atoms with van der Waals surface area (Å²) < 4.78 is 3.41. The van der Waals surface area contributed by atoms with Crippen molar-refractivity contribution in [1.29, 1.82) is 0 Å². The number of imidazole rings is 1. The lowest BCUT2D eigenvalue weighted by molar-refractivity contribution is 0.624. The normalized spacial score (nSPS) is 10.6. The zero-order valence-electron chi connectivity index (χ0n) is 10.9. The van der Waals surface area contributed by atoms with E-state index in [1.807, 2.05) is 36.7 Å². The van der Waals surface area contributed by atoms with Crippen LogP contribution in [0.3, 0.4) is 0 Å². The number of benzene rings is 1. The van der Waals surface area contributed by atoms with E-state index in [2.05, 4.69) is 6.92 Å². The molecule has 0 saturated heterocycles. The Morgan fingerprint density at radius 3 is 2.74 bits per heavy atom. The highest BCUT2D eigenvalue weighted by molar-refractivity contribution is 7.80. The van der Waals surface area contributed by atoms with Gasteiger partial charge in [-0.2, -0.15) is 0 Å². The van der Waals surface area contributed by atoms with Crippen LogP contribution in [0.2, 0.25) is 0 Å². The second-order valence-electron chi connectivity index (χ2n) is 4.47. The maximum absolute atomic E-state index is 12.1. The molecule has 0 unspecified atom stereocenters. The Balaban J connectivity index is 2.24. The summed E-state index contributed by atoms with van der Waals surface area (Å²) in [5.41, 5.74) is 7.47. The van der Waals surface area contributed by atoms with Crippen molar-refractivity contribution in [2.75, 3.05) is 0 Å². The summed E-state index contributed by atoms with van der Waals surface area (Å²) in [7, 11) is 0. The quantitative estimate of drug-likeness (QED) is 0.846. The van der Waals surface area contributed by atoms with E-state index in [1.165, 1.54) is 0 Å². The minimum atomic E-state index is 0.0163. The maximum Gasteiger partial charge on any atom is 0.328 e. The van der Waals surface area contributed by atoms with Gasteiger partial charge in [0.05, 0.1) is 6.54 Å². The van der Waals surface area contributed by atoms with E-state index in [9.17, 15) is 4.79 Å². The summed E-state index contributed by atoms with van der Waals surface area (Å²) in [5, 5.41) is 0. The van der Waals surface area contributed by atoms with Crippen molar-refractivity contribution >= 4 is 17.2 Å². The van der Waals surface area contributed by atoms with Crippen LogP contribution in [0.25, 0.3) is 0 Å². The molecule has 0 amide bonds. The second kappa shape index (κ2) is 5.84. The first-order valence-corrected chi connectivity index (χ1v) is 6.67. The van der Waals surface area contributed by atoms with Crippen molar-refractivity contribution < 1.29 is 0 Å². The highest BCUT2D eigenvalue weighted by Gasteiger charge is 2.04. The van der Waals surface area contributed by atoms with Gasteiger partial charge in [-0.3, -0.25) is 9.13 Å². The van der Waals surface area contributed by atoms with E-state index in [1.54, 1.807) is 9.13 Å². The van der Waals surface area contributed by atoms with Gasteiger partial charge < -0.3 is 5.73 Å². The standard InChI is InChI=1S/C14H17N3OS/c1-2-6-16-7-8-17(14(16)18)10-11-4-3-5-12(9-11)13(15)19/h3-5,7-9H,2,6,10H2,1H3,(H2,15,19). The van der Waals surface area contributed by atoms with Gasteiger partial charge in [0, 0.05) is 24.5 Å². The molecule has 0 saturated carbocycles. The van der Waals surface area contributed by atoms with Gasteiger partial charge >= 0.3 is 5.69 Å². The predicted molar refractivity (Wildman–Crippen MR) is 80.4 cm³/mol. The monoisotopic (exact) mass is 275 g/mol. The summed E-state index contributed by atoms with van der Waals surface area (Å²) in [6.45, 7) is 3.33. The van der Waals surface area contributed by atoms with Gasteiger partial charge in [0.15, 0.2) is 0 Å². The van der Waals surface area contributed by atoms with Crippen LogP contribution in [0.15, 0.2) is 41.5 Å². The van der Waals surface area contributed by atoms with Gasteiger partial charge in [-0.05, 0) is 18.1 Å². The van der Waals surface area contributed by atoms with E-state index in [0.717, 1.165) is 24.1 Å². The number of nitrogens with zero attached hydrogens (tertiary/aromatic N) is 2. The first-order valence-electron chi connectivity index (χ1n) is 6.26. The molecule has 0 bridgehead atoms. The zero-order chi connectivity index (χ0) is 13.8. The highest BCUT2D eigenvalue weighted by atomic mass is 32.1. The van der Waals surface area contributed by atoms with Crippen molar-refractivity contribution in [3.63, 3.8) is 0 Å². The fourth-order valence-electron chi connectivity index (χ4n) is 2.00. The maximum atomic E-state index is 12.1. The summed E-state index contributed by atoms with van der Waals surface area (Å²) in [6, 6.07) is 7.66. The van der Waals surface area contributed by atoms with Gasteiger partial charge in [0.25, 0.3) is 0 Å². The van der Waals surface area contributed by atoms with Gasteiger partial charge in [0.1, 0.15) is 4.99 Å². The Morgan fingerprint density at radius 1 is 1.32 bits per heavy atom. The topological polar surface area (TPSA) is 52.9 Å². The van der Waals surface area contributed by atoms with Gasteiger partial charge in [0.2, 0.25) is 0 Å². The molecule has 0 spiro atoms. The Labute approximate surface area is 117 Å². The number of hydrogen-bond donors (Lipinski definition) is 1. The van der Waals surface area contributed by atoms with E-state index in [-0.39, 0.29) is 5.69 Å². The molecule has 2 aromatic rings.